The van der Waals surface area contributed by atoms with E-state index in [-0.39, 0.29) is 0 Å². The molecular formula is C8H5N5OS. The van der Waals surface area contributed by atoms with Gasteiger partial charge in [-0.15, -0.1) is 0 Å². The van der Waals surface area contributed by atoms with Crippen molar-refractivity contribution >= 4 is 11.5 Å². The van der Waals surface area contributed by atoms with Gasteiger partial charge in [-0.2, -0.15) is 19.8 Å². The lowest BCUT2D eigenvalue weighted by atomic mass is 10.2. The Morgan fingerprint density at radius 2 is 2.00 bits per heavy atom. The highest BCUT2D eigenvalue weighted by Gasteiger charge is 2.15. The predicted molar refractivity (Wildman–Crippen MR) is 53.0 cm³/mol. The summed E-state index contributed by atoms with van der Waals surface area (Å²) in [6.45, 7) is 0. The van der Waals surface area contributed by atoms with Crippen LogP contribution in [0.4, 0.5) is 0 Å². The Morgan fingerprint density at radius 3 is 2.67 bits per heavy atom. The molecule has 74 valence electrons. The number of aromatic amines is 1. The first kappa shape index (κ1) is 8.30. The average molecular weight is 219 g/mol. The van der Waals surface area contributed by atoms with Gasteiger partial charge in [0.05, 0.1) is 0 Å². The smallest absolute Gasteiger partial charge is 0.144 e. The normalized spacial score (nSPS) is 10.7. The van der Waals surface area contributed by atoms with Gasteiger partial charge in [0.2, 0.25) is 0 Å². The molecule has 0 saturated carbocycles. The van der Waals surface area contributed by atoms with Crippen LogP contribution in [0.5, 0.6) is 0 Å². The number of nitrogens with zero attached hydrogens (tertiary/aromatic N) is 4. The van der Waals surface area contributed by atoms with Crippen molar-refractivity contribution in [2.45, 2.75) is 0 Å². The first-order chi connectivity index (χ1) is 7.45. The van der Waals surface area contributed by atoms with Crippen molar-refractivity contribution in [3.05, 3.63) is 23.8 Å². The molecule has 0 aromatic carbocycles. The topological polar surface area (TPSA) is 80.5 Å². The lowest BCUT2D eigenvalue weighted by Crippen LogP contribution is -1.83. The van der Waals surface area contributed by atoms with Crippen molar-refractivity contribution in [1.82, 2.24) is 24.9 Å². The molecule has 0 atom stereocenters. The van der Waals surface area contributed by atoms with E-state index in [2.05, 4.69) is 24.9 Å². The summed E-state index contributed by atoms with van der Waals surface area (Å²) in [7, 11) is 0. The standard InChI is InChI=1S/C8H5N5OS/c1-3-14-11-5(1)7-8(10-13-9-7)6-2-4-15-12-6/h1-4H,(H,9,10,13). The van der Waals surface area contributed by atoms with Crippen molar-refractivity contribution < 1.29 is 4.52 Å². The third kappa shape index (κ3) is 1.33. The molecule has 0 aliphatic carbocycles. The molecule has 0 aliphatic rings. The van der Waals surface area contributed by atoms with Crippen LogP contribution in [0.2, 0.25) is 0 Å². The number of hydrogen-bond acceptors (Lipinski definition) is 6. The molecule has 0 bridgehead atoms. The maximum atomic E-state index is 4.76. The second-order valence-corrected chi connectivity index (χ2v) is 3.46. The molecule has 0 aliphatic heterocycles. The maximum Gasteiger partial charge on any atom is 0.144 e. The summed E-state index contributed by atoms with van der Waals surface area (Å²) >= 11 is 1.37. The zero-order chi connectivity index (χ0) is 10.1. The van der Waals surface area contributed by atoms with E-state index in [9.17, 15) is 0 Å². The molecule has 3 heterocycles. The van der Waals surface area contributed by atoms with Crippen LogP contribution in [0.1, 0.15) is 0 Å². The van der Waals surface area contributed by atoms with Crippen LogP contribution in [0.25, 0.3) is 22.8 Å². The maximum absolute atomic E-state index is 4.76. The molecule has 3 aromatic rings. The van der Waals surface area contributed by atoms with E-state index < -0.39 is 0 Å². The Labute approximate surface area is 88.1 Å². The van der Waals surface area contributed by atoms with Crippen LogP contribution in [0.3, 0.4) is 0 Å². The second-order valence-electron chi connectivity index (χ2n) is 2.79. The van der Waals surface area contributed by atoms with E-state index in [0.29, 0.717) is 17.1 Å². The SMILES string of the molecule is c1cc(-c2n[nH]nc2-c2ccsn2)no1. The molecule has 3 rings (SSSR count). The van der Waals surface area contributed by atoms with Gasteiger partial charge >= 0.3 is 0 Å². The first-order valence-corrected chi connectivity index (χ1v) is 5.01. The minimum atomic E-state index is 0.645. The molecular weight excluding hydrogens is 214 g/mol. The van der Waals surface area contributed by atoms with Crippen LogP contribution >= 0.6 is 11.5 Å². The van der Waals surface area contributed by atoms with Crippen molar-refractivity contribution in [1.29, 1.82) is 0 Å². The third-order valence-corrected chi connectivity index (χ3v) is 2.47. The van der Waals surface area contributed by atoms with E-state index in [0.717, 1.165) is 5.69 Å². The van der Waals surface area contributed by atoms with Gasteiger partial charge in [-0.1, -0.05) is 5.16 Å². The molecule has 0 saturated heterocycles. The molecule has 0 unspecified atom stereocenters. The number of hydrogen-bond donors (Lipinski definition) is 1. The van der Waals surface area contributed by atoms with Gasteiger partial charge < -0.3 is 4.52 Å². The number of aromatic nitrogens is 5. The summed E-state index contributed by atoms with van der Waals surface area (Å²) in [5.41, 5.74) is 2.76. The van der Waals surface area contributed by atoms with Gasteiger partial charge in [0.25, 0.3) is 0 Å². The number of rotatable bonds is 2. The monoisotopic (exact) mass is 219 g/mol. The molecule has 3 aromatic heterocycles. The fraction of sp³-hybridized carbons (Fsp3) is 0. The Balaban J connectivity index is 2.15. The van der Waals surface area contributed by atoms with Crippen molar-refractivity contribution in [3.8, 4) is 22.8 Å². The summed E-state index contributed by atoms with van der Waals surface area (Å²) in [5, 5.41) is 16.3. The van der Waals surface area contributed by atoms with E-state index in [1.54, 1.807) is 6.07 Å². The summed E-state index contributed by atoms with van der Waals surface area (Å²) in [6, 6.07) is 3.61. The molecule has 0 amide bonds. The van der Waals surface area contributed by atoms with E-state index >= 15 is 0 Å². The van der Waals surface area contributed by atoms with Crippen molar-refractivity contribution in [3.63, 3.8) is 0 Å². The lowest BCUT2D eigenvalue weighted by Gasteiger charge is -1.90. The molecule has 0 fully saturated rings. The Hall–Kier alpha value is -2.02. The van der Waals surface area contributed by atoms with E-state index in [1.165, 1.54) is 17.8 Å². The highest BCUT2D eigenvalue weighted by molar-refractivity contribution is 7.03. The summed E-state index contributed by atoms with van der Waals surface area (Å²) in [6.07, 6.45) is 1.49. The van der Waals surface area contributed by atoms with Crippen LogP contribution in [-0.2, 0) is 0 Å². The zero-order valence-electron chi connectivity index (χ0n) is 7.41. The predicted octanol–water partition coefficient (Wildman–Crippen LogP) is 1.58. The molecule has 6 nitrogen and oxygen atoms in total. The van der Waals surface area contributed by atoms with Crippen molar-refractivity contribution in [2.24, 2.45) is 0 Å². The molecule has 7 heteroatoms. The van der Waals surface area contributed by atoms with Gasteiger partial charge in [-0.3, -0.25) is 0 Å². The van der Waals surface area contributed by atoms with Gasteiger partial charge in [-0.05, 0) is 17.6 Å². The average Bonchev–Trinajstić information content (AvgIpc) is 3.01. The second kappa shape index (κ2) is 3.28. The van der Waals surface area contributed by atoms with Gasteiger partial charge in [-0.25, -0.2) is 0 Å². The first-order valence-electron chi connectivity index (χ1n) is 4.17. The Kier molecular flexibility index (Phi) is 1.82. The van der Waals surface area contributed by atoms with Gasteiger partial charge in [0, 0.05) is 11.4 Å². The van der Waals surface area contributed by atoms with Crippen LogP contribution in [0, 0.1) is 0 Å². The fourth-order valence-electron chi connectivity index (χ4n) is 1.26. The number of H-pyrrole nitrogens is 1. The number of nitrogens with one attached hydrogen (secondary N) is 1. The largest absolute Gasteiger partial charge is 0.364 e. The zero-order valence-corrected chi connectivity index (χ0v) is 8.23. The Morgan fingerprint density at radius 1 is 1.13 bits per heavy atom. The minimum absolute atomic E-state index is 0.645. The summed E-state index contributed by atoms with van der Waals surface area (Å²) in [5.74, 6) is 0. The highest BCUT2D eigenvalue weighted by Crippen LogP contribution is 2.26. The van der Waals surface area contributed by atoms with Crippen LogP contribution in [0.15, 0.2) is 28.3 Å². The van der Waals surface area contributed by atoms with Crippen LogP contribution in [-0.4, -0.2) is 24.9 Å². The highest BCUT2D eigenvalue weighted by atomic mass is 32.1. The molecule has 0 spiro atoms. The van der Waals surface area contributed by atoms with E-state index in [1.807, 2.05) is 11.4 Å². The molecule has 1 N–H and O–H groups in total. The fourth-order valence-corrected chi connectivity index (χ4v) is 1.77. The van der Waals surface area contributed by atoms with Gasteiger partial charge in [0.15, 0.2) is 0 Å². The molecule has 15 heavy (non-hydrogen) atoms. The quantitative estimate of drug-likeness (QED) is 0.707. The minimum Gasteiger partial charge on any atom is -0.364 e. The Bertz CT molecular complexity index is 493. The van der Waals surface area contributed by atoms with E-state index in [4.69, 9.17) is 4.52 Å². The van der Waals surface area contributed by atoms with Crippen LogP contribution < -0.4 is 0 Å². The van der Waals surface area contributed by atoms with Gasteiger partial charge in [0.1, 0.15) is 29.0 Å². The third-order valence-electron chi connectivity index (χ3n) is 1.91. The summed E-state index contributed by atoms with van der Waals surface area (Å²) in [4.78, 5) is 0. The molecule has 0 radical (unpaired) electrons. The lowest BCUT2D eigenvalue weighted by molar-refractivity contribution is 0.422. The van der Waals surface area contributed by atoms with Crippen molar-refractivity contribution in [2.75, 3.05) is 0 Å². The summed E-state index contributed by atoms with van der Waals surface area (Å²) < 4.78 is 8.95.